The third-order valence-corrected chi connectivity index (χ3v) is 4.51. The Morgan fingerprint density at radius 1 is 1.11 bits per heavy atom. The largest absolute Gasteiger partial charge is 0.867 e. The first kappa shape index (κ1) is 18.4. The number of nitro benzene ring substituents is 1. The zero-order chi connectivity index (χ0) is 19.4. The summed E-state index contributed by atoms with van der Waals surface area (Å²) >= 11 is 0. The predicted octanol–water partition coefficient (Wildman–Crippen LogP) is 2.09. The van der Waals surface area contributed by atoms with Crippen LogP contribution in [0.5, 0.6) is 5.75 Å². The fraction of sp³-hybridized carbons (Fsp3) is 0.263. The SMILES string of the molecule is CC(=O)N1CCN(c2ccc(N=Cc3cccc([N+](=O)[O-])c3[O-])cc2)CC1. The van der Waals surface area contributed by atoms with Crippen LogP contribution in [-0.4, -0.2) is 48.1 Å². The molecule has 0 aliphatic carbocycles. The molecule has 2 aromatic rings. The number of hydrogen-bond acceptors (Lipinski definition) is 6. The molecule has 8 nitrogen and oxygen atoms in total. The third kappa shape index (κ3) is 4.22. The monoisotopic (exact) mass is 367 g/mol. The second-order valence-electron chi connectivity index (χ2n) is 6.22. The van der Waals surface area contributed by atoms with Gasteiger partial charge in [0.15, 0.2) is 0 Å². The van der Waals surface area contributed by atoms with Crippen LogP contribution in [0.4, 0.5) is 17.1 Å². The molecule has 1 aliphatic rings. The van der Waals surface area contributed by atoms with E-state index in [-0.39, 0.29) is 11.5 Å². The fourth-order valence-corrected chi connectivity index (χ4v) is 2.96. The van der Waals surface area contributed by atoms with Gasteiger partial charge in [0, 0.05) is 51.1 Å². The number of para-hydroxylation sites is 1. The molecular formula is C19H19N4O4-. The van der Waals surface area contributed by atoms with Crippen LogP contribution in [0.25, 0.3) is 0 Å². The lowest BCUT2D eigenvalue weighted by Crippen LogP contribution is -2.48. The van der Waals surface area contributed by atoms with E-state index in [0.717, 1.165) is 18.8 Å². The Balaban J connectivity index is 1.68. The molecule has 0 aromatic heterocycles. The Bertz CT molecular complexity index is 872. The predicted molar refractivity (Wildman–Crippen MR) is 101 cm³/mol. The summed E-state index contributed by atoms with van der Waals surface area (Å²) in [6.07, 6.45) is 1.34. The Morgan fingerprint density at radius 2 is 1.78 bits per heavy atom. The number of hydrogen-bond donors (Lipinski definition) is 0. The quantitative estimate of drug-likeness (QED) is 0.468. The molecule has 0 atom stereocenters. The van der Waals surface area contributed by atoms with Gasteiger partial charge >= 0.3 is 0 Å². The van der Waals surface area contributed by atoms with E-state index in [4.69, 9.17) is 0 Å². The van der Waals surface area contributed by atoms with E-state index >= 15 is 0 Å². The summed E-state index contributed by atoms with van der Waals surface area (Å²) in [5.41, 5.74) is 1.40. The van der Waals surface area contributed by atoms with Crippen LogP contribution in [0.1, 0.15) is 12.5 Å². The van der Waals surface area contributed by atoms with E-state index < -0.39 is 16.4 Å². The van der Waals surface area contributed by atoms with Gasteiger partial charge in [0.1, 0.15) is 0 Å². The molecule has 8 heteroatoms. The molecule has 1 amide bonds. The highest BCUT2D eigenvalue weighted by Crippen LogP contribution is 2.26. The molecule has 0 N–H and O–H groups in total. The van der Waals surface area contributed by atoms with Gasteiger partial charge in [-0.25, -0.2) is 0 Å². The first-order valence-corrected chi connectivity index (χ1v) is 8.54. The highest BCUT2D eigenvalue weighted by Gasteiger charge is 2.18. The number of anilines is 1. The maximum atomic E-state index is 12.0. The van der Waals surface area contributed by atoms with Crippen LogP contribution in [-0.2, 0) is 4.79 Å². The molecule has 2 aromatic carbocycles. The van der Waals surface area contributed by atoms with Gasteiger partial charge in [0.2, 0.25) is 5.91 Å². The van der Waals surface area contributed by atoms with Crippen LogP contribution in [0, 0.1) is 10.1 Å². The van der Waals surface area contributed by atoms with Crippen molar-refractivity contribution in [2.24, 2.45) is 4.99 Å². The highest BCUT2D eigenvalue weighted by molar-refractivity contribution is 5.87. The second-order valence-corrected chi connectivity index (χ2v) is 6.22. The molecule has 1 fully saturated rings. The summed E-state index contributed by atoms with van der Waals surface area (Å²) < 4.78 is 0. The third-order valence-electron chi connectivity index (χ3n) is 4.51. The number of amides is 1. The lowest BCUT2D eigenvalue weighted by atomic mass is 10.2. The lowest BCUT2D eigenvalue weighted by molar-refractivity contribution is -0.398. The van der Waals surface area contributed by atoms with Crippen LogP contribution >= 0.6 is 0 Å². The summed E-state index contributed by atoms with van der Waals surface area (Å²) in [6.45, 7) is 4.53. The Morgan fingerprint density at radius 3 is 2.37 bits per heavy atom. The topological polar surface area (TPSA) is 102 Å². The number of benzene rings is 2. The molecule has 0 radical (unpaired) electrons. The number of nitro groups is 1. The summed E-state index contributed by atoms with van der Waals surface area (Å²) in [6, 6.07) is 11.7. The molecule has 140 valence electrons. The van der Waals surface area contributed by atoms with Crippen molar-refractivity contribution < 1.29 is 14.8 Å². The average Bonchev–Trinajstić information content (AvgIpc) is 2.67. The van der Waals surface area contributed by atoms with Crippen LogP contribution in [0.2, 0.25) is 0 Å². The van der Waals surface area contributed by atoms with E-state index in [1.54, 1.807) is 6.92 Å². The van der Waals surface area contributed by atoms with Crippen molar-refractivity contribution in [3.63, 3.8) is 0 Å². The zero-order valence-corrected chi connectivity index (χ0v) is 14.9. The fourth-order valence-electron chi connectivity index (χ4n) is 2.96. The van der Waals surface area contributed by atoms with Gasteiger partial charge in [-0.05, 0) is 35.6 Å². The number of carbonyl (C=O) groups is 1. The van der Waals surface area contributed by atoms with E-state index in [1.165, 1.54) is 24.4 Å². The molecule has 0 saturated carbocycles. The van der Waals surface area contributed by atoms with Crippen molar-refractivity contribution in [2.45, 2.75) is 6.92 Å². The minimum absolute atomic E-state index is 0.0956. The van der Waals surface area contributed by atoms with Gasteiger partial charge in [-0.15, -0.1) is 0 Å². The minimum Gasteiger partial charge on any atom is -0.867 e. The van der Waals surface area contributed by atoms with Crippen LogP contribution in [0.3, 0.4) is 0 Å². The molecule has 27 heavy (non-hydrogen) atoms. The summed E-state index contributed by atoms with van der Waals surface area (Å²) in [5, 5.41) is 22.8. The minimum atomic E-state index is -0.694. The van der Waals surface area contributed by atoms with Crippen molar-refractivity contribution >= 4 is 29.2 Å². The Kier molecular flexibility index (Phi) is 5.35. The maximum Gasteiger partial charge on any atom is 0.262 e. The smallest absolute Gasteiger partial charge is 0.262 e. The second kappa shape index (κ2) is 7.86. The van der Waals surface area contributed by atoms with Crippen molar-refractivity contribution in [2.75, 3.05) is 31.1 Å². The summed E-state index contributed by atoms with van der Waals surface area (Å²) in [7, 11) is 0. The molecule has 1 aliphatic heterocycles. The molecule has 1 saturated heterocycles. The van der Waals surface area contributed by atoms with Gasteiger partial charge in [0.25, 0.3) is 5.69 Å². The first-order valence-electron chi connectivity index (χ1n) is 8.54. The summed E-state index contributed by atoms with van der Waals surface area (Å²) in [4.78, 5) is 29.8. The van der Waals surface area contributed by atoms with Crippen molar-refractivity contribution in [1.82, 2.24) is 4.90 Å². The molecule has 0 unspecified atom stereocenters. The van der Waals surface area contributed by atoms with Crippen molar-refractivity contribution in [1.29, 1.82) is 0 Å². The van der Waals surface area contributed by atoms with Gasteiger partial charge in [-0.2, -0.15) is 0 Å². The van der Waals surface area contributed by atoms with Crippen molar-refractivity contribution in [3.8, 4) is 5.75 Å². The average molecular weight is 367 g/mol. The molecule has 0 bridgehead atoms. The number of rotatable bonds is 4. The normalized spacial score (nSPS) is 14.6. The van der Waals surface area contributed by atoms with E-state index in [2.05, 4.69) is 9.89 Å². The Labute approximate surface area is 156 Å². The first-order chi connectivity index (χ1) is 13.0. The van der Waals surface area contributed by atoms with E-state index in [9.17, 15) is 20.0 Å². The van der Waals surface area contributed by atoms with Crippen LogP contribution in [0.15, 0.2) is 47.5 Å². The van der Waals surface area contributed by atoms with Gasteiger partial charge in [0.05, 0.1) is 10.6 Å². The Hall–Kier alpha value is -3.42. The lowest BCUT2D eigenvalue weighted by Gasteiger charge is -2.35. The van der Waals surface area contributed by atoms with E-state index in [1.807, 2.05) is 29.2 Å². The van der Waals surface area contributed by atoms with Gasteiger partial charge in [-0.3, -0.25) is 19.9 Å². The molecule has 0 spiro atoms. The zero-order valence-electron chi connectivity index (χ0n) is 14.9. The van der Waals surface area contributed by atoms with Crippen LogP contribution < -0.4 is 10.0 Å². The highest BCUT2D eigenvalue weighted by atomic mass is 16.6. The standard InChI is InChI=1S/C19H20N4O4/c1-14(24)21-9-11-22(12-10-21)17-7-5-16(6-8-17)20-13-15-3-2-4-18(19(15)25)23(26)27/h2-8,13,25H,9-12H2,1H3/p-1. The van der Waals surface area contributed by atoms with E-state index in [0.29, 0.717) is 18.8 Å². The van der Waals surface area contributed by atoms with Gasteiger partial charge in [-0.1, -0.05) is 12.1 Å². The molecule has 1 heterocycles. The molecular weight excluding hydrogens is 348 g/mol. The number of carbonyl (C=O) groups excluding carboxylic acids is 1. The van der Waals surface area contributed by atoms with Gasteiger partial charge < -0.3 is 14.9 Å². The number of piperazine rings is 1. The number of aliphatic imine (C=N–C) groups is 1. The van der Waals surface area contributed by atoms with Crippen molar-refractivity contribution in [3.05, 3.63) is 58.1 Å². The number of nitrogens with zero attached hydrogens (tertiary/aromatic N) is 4. The maximum absolute atomic E-state index is 12.0. The molecule has 3 rings (SSSR count). The summed E-state index contributed by atoms with van der Waals surface area (Å²) in [5.74, 6) is -0.551.